The number of nitrogens with one attached hydrogen (secondary N) is 2. The van der Waals surface area contributed by atoms with E-state index < -0.39 is 128 Å². The van der Waals surface area contributed by atoms with Gasteiger partial charge in [0, 0.05) is 33.0 Å². The van der Waals surface area contributed by atoms with Crippen LogP contribution in [-0.2, 0) is 105 Å². The standard InChI is InChI=1S/C30H41NO9.C25H33NO7.C20H24O6.C10H19NO4.CH4I.2CH4/c1-13(2)19(31-25(34)40-26(5,6)7)23(33)36-24-28(14(3)4)20(38-28)21-30(39-21)27(8)10-9-15-16(12-35-22(15)32)17(27)11-18-29(24,30)37-18;1-10(2)16(26)20(28)30-21-23(11(3)4)17(32-23)18-25(33-18)22(5)7-6-12-13(9-29-19(12)27)14(22)8-15-24(21,25)31-15;1-8(2)18-13(25-18)14-20(26-14)17(3)5-4-9-10(7-23-15(9)21)11(17)6-12-19(20,24-12)16(18)22;1-6(2)7(8(12)13)11-9(14)15-10(3,4)5;1-2;;/h13-14,17-21,24H,9-12H2,1-8H3,(H,31,34);10-11,14-18,21H,6-9,26H2,1-5H3;8,11-14,16,22H,4-7H2,1-3H3;6-7H,1-5H3,(H,11,14)(H,12,13);2H,1H3;2*1H4/q;;;;-1;;/t17-,18-,19+,20-,21-,24+,27-,28-,29+,30+;14-,15-,16+,17-,18-,21+,22-,23-,24+,25+;11-,12-,13-,14-,16+,17-,18-,19+,20+;7-;;;/m0001.../s1/i;;;;2D;;. The van der Waals surface area contributed by atoms with Gasteiger partial charge in [-0.1, -0.05) is 119 Å². The van der Waals surface area contributed by atoms with Crippen molar-refractivity contribution in [3.8, 4) is 0 Å². The number of aliphatic hydroxyl groups excluding tert-OH is 1. The van der Waals surface area contributed by atoms with Crippen LogP contribution in [0.2, 0.25) is 0 Å². The molecule has 9 saturated heterocycles. The van der Waals surface area contributed by atoms with Gasteiger partial charge in [0.05, 0.1) is 18.3 Å². The number of cyclic esters (lactones) is 3. The Bertz CT molecular complexity index is 4360. The summed E-state index contributed by atoms with van der Waals surface area (Å²) >= 11 is -0.160. The van der Waals surface area contributed by atoms with Gasteiger partial charge in [-0.15, -0.1) is 0 Å². The van der Waals surface area contributed by atoms with Gasteiger partial charge in [-0.05, 0) is 169 Å². The SMILES string of the molecule is C.C.CC(C)[C@@H](N)C(=O)O[C@@H]1[C@@]2(C(C)C)O[C@H]2[C@@H]2O[C@]23[C@]12O[C@H]2C[C@H]1C2=C(CC[C@@]13C)C(=O)OC2.CC(C)[C@@H](NC(=O)OC(C)(C)C)C(=O)O.CC(C)[C@@H](NC(=O)OC(C)(C)C)C(=O)O[C@@H]1[C@@]2(C(C)C)O[C@H]2[C@@H]2O[C@]23[C@]12O[C@H]2C[C@H]1C2=C(CC[C@@]13C)C(=O)OC2.CC(C)[C@]12O[C@H]1[C@@H]1O[C@]13[C@]1(O[C@H]1C[C@H]1C4=C(CC[C@@]13C)C(=O)OC4)[C@@H]2O.[2H][I-]C. The fourth-order valence-corrected chi connectivity index (χ4v) is 25.9. The predicted octanol–water partition coefficient (Wildman–Crippen LogP) is 5.74. The van der Waals surface area contributed by atoms with Gasteiger partial charge in [0.25, 0.3) is 0 Å². The summed E-state index contributed by atoms with van der Waals surface area (Å²) < 4.78 is 104. The zero-order valence-electron chi connectivity index (χ0n) is 72.0. The van der Waals surface area contributed by atoms with Crippen LogP contribution in [0, 0.1) is 69.5 Å². The minimum absolute atomic E-state index is 0. The number of hydrogen-bond donors (Lipinski definition) is 5. The molecule has 15 fully saturated rings. The van der Waals surface area contributed by atoms with E-state index in [0.29, 0.717) is 39.1 Å². The summed E-state index contributed by atoms with van der Waals surface area (Å²) in [4.78, 5) is 100. The van der Waals surface area contributed by atoms with Crippen molar-refractivity contribution in [3.05, 3.63) is 33.4 Å². The summed E-state index contributed by atoms with van der Waals surface area (Å²) in [6.45, 7) is 42.0. The monoisotopic (exact) mass is 1770 g/mol. The van der Waals surface area contributed by atoms with Crippen molar-refractivity contribution in [2.75, 3.05) is 24.8 Å². The van der Waals surface area contributed by atoms with Crippen LogP contribution in [-0.4, -0.2) is 237 Å². The maximum atomic E-state index is 13.9. The fraction of sp³-hybridized carbons (Fsp3) is 0.841. The van der Waals surface area contributed by atoms with E-state index in [1.54, 1.807) is 55.4 Å². The van der Waals surface area contributed by atoms with Crippen molar-refractivity contribution >= 4 is 48.0 Å². The number of epoxide rings is 9. The molecule has 12 heterocycles. The molecule has 6 N–H and O–H groups in total. The molecule has 30 heteroatoms. The molecule has 660 valence electrons. The Morgan fingerprint density at radius 2 is 0.797 bits per heavy atom. The zero-order valence-corrected chi connectivity index (χ0v) is 73.1. The third-order valence-electron chi connectivity index (χ3n) is 31.9. The summed E-state index contributed by atoms with van der Waals surface area (Å²) in [5, 5.41) is 25.3. The number of ether oxygens (including phenoxy) is 16. The number of carboxylic acid groups (broad SMARTS) is 1. The second kappa shape index (κ2) is 27.7. The number of amides is 2. The van der Waals surface area contributed by atoms with E-state index in [1.807, 2.05) is 32.6 Å². The van der Waals surface area contributed by atoms with Crippen LogP contribution >= 0.6 is 0 Å². The molecule has 21 rings (SSSR count). The van der Waals surface area contributed by atoms with E-state index in [9.17, 15) is 43.5 Å². The fourth-order valence-electron chi connectivity index (χ4n) is 25.9. The Labute approximate surface area is 706 Å². The van der Waals surface area contributed by atoms with Gasteiger partial charge < -0.3 is 102 Å². The second-order valence-corrected chi connectivity index (χ2v) is 41.4. The van der Waals surface area contributed by atoms with E-state index in [0.717, 1.165) is 72.0 Å². The molecule has 0 unspecified atom stereocenters. The molecule has 29 nitrogen and oxygen atoms in total. The van der Waals surface area contributed by atoms with E-state index >= 15 is 0 Å². The third-order valence-corrected chi connectivity index (χ3v) is 31.9. The van der Waals surface area contributed by atoms with E-state index in [4.69, 9.17) is 87.2 Å². The summed E-state index contributed by atoms with van der Waals surface area (Å²) in [6.07, 6.45) is 2.53. The molecule has 0 aromatic carbocycles. The summed E-state index contributed by atoms with van der Waals surface area (Å²) in [5.74, 6) is -2.12. The number of alkyl carbamates (subject to hydrolysis) is 2. The average Bonchev–Trinajstić information content (AvgIpc) is 1.42. The molecule has 21 aliphatic rings. The number of hydrogen-bond acceptors (Lipinski definition) is 26. The number of rotatable bonds is 13. The molecule has 12 aliphatic heterocycles. The molecule has 0 bridgehead atoms. The quantitative estimate of drug-likeness (QED) is 0.0482. The van der Waals surface area contributed by atoms with Crippen molar-refractivity contribution in [2.24, 2.45) is 75.2 Å². The van der Waals surface area contributed by atoms with Gasteiger partial charge in [0.15, 0.2) is 29.0 Å². The summed E-state index contributed by atoms with van der Waals surface area (Å²) in [5.41, 5.74) is 4.19. The minimum atomic E-state index is -1.06. The number of halogens is 1. The van der Waals surface area contributed by atoms with Crippen LogP contribution in [0.4, 0.5) is 9.59 Å². The van der Waals surface area contributed by atoms with Crippen LogP contribution in [0.1, 0.15) is 218 Å². The van der Waals surface area contributed by atoms with Crippen LogP contribution in [0.25, 0.3) is 0 Å². The first-order chi connectivity index (χ1) is 54.6. The molecule has 30 atom stereocenters. The first kappa shape index (κ1) is 86.4. The Morgan fingerprint density at radius 1 is 0.483 bits per heavy atom. The number of esters is 5. The second-order valence-electron chi connectivity index (χ2n) is 41.4. The number of alkyl halides is 1. The maximum absolute atomic E-state index is 13.9. The first-order valence-electron chi connectivity index (χ1n) is 42.8. The van der Waals surface area contributed by atoms with Gasteiger partial charge >= 0.3 is 75.9 Å². The Kier molecular flexibility index (Phi) is 20.3. The van der Waals surface area contributed by atoms with Gasteiger partial charge in [-0.2, -0.15) is 0 Å². The summed E-state index contributed by atoms with van der Waals surface area (Å²) in [7, 11) is 0. The third kappa shape index (κ3) is 11.3. The van der Waals surface area contributed by atoms with Crippen LogP contribution in [0.5, 0.6) is 0 Å². The van der Waals surface area contributed by atoms with E-state index in [-0.39, 0.29) is 180 Å². The first-order valence-corrected chi connectivity index (χ1v) is 44.5. The molecule has 0 radical (unpaired) electrons. The van der Waals surface area contributed by atoms with Gasteiger partial charge in [0.1, 0.15) is 125 Å². The van der Waals surface area contributed by atoms with Crippen LogP contribution in [0.3, 0.4) is 0 Å². The Hall–Kier alpha value is -5.13. The predicted molar refractivity (Wildman–Crippen MR) is 416 cm³/mol. The number of carboxylic acids is 1. The molecule has 0 aromatic heterocycles. The Balaban J connectivity index is 0.000000127. The number of nitrogens with two attached hydrogens (primary N) is 1. The zero-order chi connectivity index (χ0) is 84.9. The number of fused-ring (bicyclic) bond motifs is 12. The topological polar surface area (TPSA) is 404 Å². The van der Waals surface area contributed by atoms with Crippen molar-refractivity contribution in [2.45, 2.75) is 371 Å². The number of aliphatic hydroxyl groups is 1. The molecular formula is C88H129IN3O26-. The van der Waals surface area contributed by atoms with Crippen molar-refractivity contribution in [3.63, 3.8) is 0 Å². The average molecular weight is 1770 g/mol. The van der Waals surface area contributed by atoms with Gasteiger partial charge in [-0.3, -0.25) is 4.79 Å². The molecule has 118 heavy (non-hydrogen) atoms. The molecule has 0 aromatic rings. The van der Waals surface area contributed by atoms with Crippen molar-refractivity contribution < 1.29 is 147 Å². The molecule has 6 saturated carbocycles. The van der Waals surface area contributed by atoms with E-state index in [1.165, 1.54) is 0 Å². The molecule has 2 amide bonds. The number of carbonyl (C=O) groups excluding carboxylic acids is 7. The number of aliphatic carboxylic acids is 1. The molecule has 6 spiro atoms. The van der Waals surface area contributed by atoms with E-state index in [2.05, 4.69) is 72.9 Å². The van der Waals surface area contributed by atoms with Gasteiger partial charge in [0.2, 0.25) is 0 Å². The van der Waals surface area contributed by atoms with Crippen LogP contribution < -0.4 is 38.8 Å². The molecular weight excluding hydrogens is 1640 g/mol. The number of carbonyl (C=O) groups is 8. The van der Waals surface area contributed by atoms with Gasteiger partial charge in [-0.25, -0.2) is 33.6 Å². The van der Waals surface area contributed by atoms with Crippen molar-refractivity contribution in [1.29, 1.82) is 0.594 Å². The molecule has 9 aliphatic carbocycles. The van der Waals surface area contributed by atoms with Crippen molar-refractivity contribution in [1.82, 2.24) is 10.6 Å². The van der Waals surface area contributed by atoms with Crippen LogP contribution in [0.15, 0.2) is 33.4 Å². The Morgan fingerprint density at radius 3 is 1.13 bits per heavy atom. The summed E-state index contributed by atoms with van der Waals surface area (Å²) in [6, 6.07) is -2.53. The normalized spacial score (nSPS) is 46.3.